The van der Waals surface area contributed by atoms with E-state index in [1.54, 1.807) is 6.92 Å². The summed E-state index contributed by atoms with van der Waals surface area (Å²) in [5.74, 6) is -0.420. The highest BCUT2D eigenvalue weighted by Gasteiger charge is 2.39. The first-order valence-corrected chi connectivity index (χ1v) is 13.5. The summed E-state index contributed by atoms with van der Waals surface area (Å²) in [5, 5.41) is 24.6. The molecule has 2 saturated heterocycles. The number of ether oxygens (including phenoxy) is 3. The Morgan fingerprint density at radius 2 is 1.72 bits per heavy atom. The quantitative estimate of drug-likeness (QED) is 0.338. The molecule has 2 fully saturated rings. The number of urea groups is 1. The van der Waals surface area contributed by atoms with Crippen molar-refractivity contribution in [3.8, 4) is 0 Å². The molecule has 5 atom stereocenters. The molecular formula is C29H39N3O7. The molecule has 2 heterocycles. The van der Waals surface area contributed by atoms with Crippen LogP contribution in [0.5, 0.6) is 0 Å². The van der Waals surface area contributed by atoms with Gasteiger partial charge in [-0.05, 0) is 30.0 Å². The third-order valence-corrected chi connectivity index (χ3v) is 7.21. The second-order valence-electron chi connectivity index (χ2n) is 10.1. The number of aliphatic hydroxyl groups is 2. The van der Waals surface area contributed by atoms with E-state index in [1.165, 1.54) is 0 Å². The highest BCUT2D eigenvalue weighted by atomic mass is 16.7. The van der Waals surface area contributed by atoms with Gasteiger partial charge in [0.25, 0.3) is 0 Å². The number of β-amino-alcohol motifs (C(OH)–C–C–N with tert-alkyl or cyclic N) is 1. The zero-order chi connectivity index (χ0) is 27.8. The first-order chi connectivity index (χ1) is 18.9. The molecule has 0 saturated carbocycles. The molecule has 10 heteroatoms. The zero-order valence-electron chi connectivity index (χ0n) is 22.5. The molecule has 0 aliphatic carbocycles. The van der Waals surface area contributed by atoms with Gasteiger partial charge in [0.2, 0.25) is 0 Å². The molecule has 0 unspecified atom stereocenters. The van der Waals surface area contributed by atoms with Crippen molar-refractivity contribution in [3.63, 3.8) is 0 Å². The molecule has 2 aromatic carbocycles. The van der Waals surface area contributed by atoms with Gasteiger partial charge in [-0.15, -0.1) is 0 Å². The summed E-state index contributed by atoms with van der Waals surface area (Å²) in [7, 11) is 0. The molecule has 4 rings (SSSR count). The number of amides is 2. The number of aliphatic hydroxyl groups excluding tert-OH is 2. The van der Waals surface area contributed by atoms with Crippen LogP contribution in [-0.4, -0.2) is 72.1 Å². The van der Waals surface area contributed by atoms with Crippen LogP contribution in [0.2, 0.25) is 0 Å². The van der Waals surface area contributed by atoms with E-state index in [0.29, 0.717) is 13.1 Å². The first kappa shape index (κ1) is 29.0. The van der Waals surface area contributed by atoms with Crippen LogP contribution in [-0.2, 0) is 32.2 Å². The normalized spacial score (nSPS) is 25.3. The molecule has 2 amide bonds. The van der Waals surface area contributed by atoms with Gasteiger partial charge in [-0.2, -0.15) is 0 Å². The first-order valence-electron chi connectivity index (χ1n) is 13.5. The zero-order valence-corrected chi connectivity index (χ0v) is 22.5. The smallest absolute Gasteiger partial charge is 0.325 e. The summed E-state index contributed by atoms with van der Waals surface area (Å²) in [5.41, 5.74) is 3.61. The van der Waals surface area contributed by atoms with E-state index in [1.807, 2.05) is 48.5 Å². The largest absolute Gasteiger partial charge is 0.465 e. The molecule has 0 radical (unpaired) electrons. The van der Waals surface area contributed by atoms with Gasteiger partial charge < -0.3 is 35.1 Å². The van der Waals surface area contributed by atoms with E-state index in [9.17, 15) is 19.8 Å². The van der Waals surface area contributed by atoms with Crippen molar-refractivity contribution in [3.05, 3.63) is 70.8 Å². The summed E-state index contributed by atoms with van der Waals surface area (Å²) < 4.78 is 17.8. The predicted molar refractivity (Wildman–Crippen MR) is 143 cm³/mol. The van der Waals surface area contributed by atoms with Gasteiger partial charge in [-0.1, -0.05) is 55.5 Å². The summed E-state index contributed by atoms with van der Waals surface area (Å²) in [6.07, 6.45) is -0.439. The molecule has 2 aromatic rings. The van der Waals surface area contributed by atoms with E-state index in [-0.39, 0.29) is 50.5 Å². The Balaban J connectivity index is 1.42. The Hall–Kier alpha value is -3.02. The Morgan fingerprint density at radius 1 is 1.03 bits per heavy atom. The van der Waals surface area contributed by atoms with Crippen LogP contribution in [0.4, 0.5) is 4.79 Å². The average Bonchev–Trinajstić information content (AvgIpc) is 3.36. The van der Waals surface area contributed by atoms with Gasteiger partial charge in [0.05, 0.1) is 31.5 Å². The minimum Gasteiger partial charge on any atom is -0.465 e. The van der Waals surface area contributed by atoms with Crippen molar-refractivity contribution in [2.24, 2.45) is 5.92 Å². The van der Waals surface area contributed by atoms with E-state index >= 15 is 0 Å². The van der Waals surface area contributed by atoms with Crippen molar-refractivity contribution in [1.29, 1.82) is 0 Å². The number of nitrogens with zero attached hydrogens (tertiary/aromatic N) is 1. The van der Waals surface area contributed by atoms with E-state index < -0.39 is 18.3 Å². The van der Waals surface area contributed by atoms with Gasteiger partial charge in [0, 0.05) is 37.7 Å². The maximum atomic E-state index is 12.0. The Kier molecular flexibility index (Phi) is 10.3. The Labute approximate surface area is 229 Å². The van der Waals surface area contributed by atoms with Crippen molar-refractivity contribution in [2.75, 3.05) is 32.8 Å². The molecule has 2 aliphatic rings. The maximum absolute atomic E-state index is 12.0. The predicted octanol–water partition coefficient (Wildman–Crippen LogP) is 2.40. The van der Waals surface area contributed by atoms with Gasteiger partial charge in [0.1, 0.15) is 6.54 Å². The molecular weight excluding hydrogens is 502 g/mol. The number of esters is 1. The Bertz CT molecular complexity index is 1080. The molecule has 39 heavy (non-hydrogen) atoms. The molecule has 0 spiro atoms. The number of hydrogen-bond donors (Lipinski definition) is 4. The second kappa shape index (κ2) is 13.9. The number of benzene rings is 2. The number of likely N-dealkylation sites (tertiary alicyclic amines) is 1. The highest BCUT2D eigenvalue weighted by Crippen LogP contribution is 2.42. The number of carbonyl (C=O) groups is 2. The van der Waals surface area contributed by atoms with Crippen LogP contribution in [0.3, 0.4) is 0 Å². The number of rotatable bonds is 10. The van der Waals surface area contributed by atoms with Crippen molar-refractivity contribution >= 4 is 12.0 Å². The topological polar surface area (TPSA) is 130 Å². The van der Waals surface area contributed by atoms with Gasteiger partial charge in [-0.25, -0.2) is 4.79 Å². The number of nitrogens with one attached hydrogen (secondary N) is 2. The van der Waals surface area contributed by atoms with Crippen LogP contribution in [0.15, 0.2) is 48.5 Å². The van der Waals surface area contributed by atoms with E-state index in [2.05, 4.69) is 22.5 Å². The van der Waals surface area contributed by atoms with E-state index in [0.717, 1.165) is 35.2 Å². The molecule has 0 bridgehead atoms. The number of carbonyl (C=O) groups excluding carboxylic acids is 2. The number of hydrogen-bond acceptors (Lipinski definition) is 8. The molecule has 2 aliphatic heterocycles. The maximum Gasteiger partial charge on any atom is 0.325 e. The third-order valence-electron chi connectivity index (χ3n) is 7.21. The SMILES string of the molecule is CCOC(=O)CNC(=O)NCc1ccc([C@@H]2O[C@H](CN3CC[C@H](O)C3)[C@H](C)[C@H](c3ccc(CO)cc3)O2)cc1. The minimum atomic E-state index is -0.587. The van der Waals surface area contributed by atoms with Gasteiger partial charge in [0.15, 0.2) is 6.29 Å². The monoisotopic (exact) mass is 541 g/mol. The third kappa shape index (κ3) is 8.00. The van der Waals surface area contributed by atoms with Gasteiger partial charge in [-0.3, -0.25) is 9.69 Å². The lowest BCUT2D eigenvalue weighted by molar-refractivity contribution is -0.276. The molecule has 4 N–H and O–H groups in total. The average molecular weight is 542 g/mol. The standard InChI is InChI=1S/C29H39N3O7/c1-3-37-26(35)15-31-29(36)30-14-20-4-10-23(11-5-20)28-38-25(17-32-13-12-24(34)16-32)19(2)27(39-28)22-8-6-21(18-33)7-9-22/h4-11,19,24-25,27-28,33-34H,3,12-18H2,1-2H3,(H2,30,31,36)/t19-,24-,25+,27+,28+/m0/s1. The van der Waals surface area contributed by atoms with E-state index in [4.69, 9.17) is 14.2 Å². The lowest BCUT2D eigenvalue weighted by Crippen LogP contribution is -2.44. The van der Waals surface area contributed by atoms with Crippen LogP contribution in [0.1, 0.15) is 54.9 Å². The fourth-order valence-corrected chi connectivity index (χ4v) is 4.96. The molecule has 0 aromatic heterocycles. The van der Waals surface area contributed by atoms with Crippen molar-refractivity contribution in [1.82, 2.24) is 15.5 Å². The Morgan fingerprint density at radius 3 is 2.36 bits per heavy atom. The van der Waals surface area contributed by atoms with Crippen LogP contribution in [0, 0.1) is 5.92 Å². The van der Waals surface area contributed by atoms with Gasteiger partial charge >= 0.3 is 12.0 Å². The summed E-state index contributed by atoms with van der Waals surface area (Å²) in [4.78, 5) is 25.6. The fourth-order valence-electron chi connectivity index (χ4n) is 4.96. The highest BCUT2D eigenvalue weighted by molar-refractivity contribution is 5.80. The van der Waals surface area contributed by atoms with Crippen LogP contribution >= 0.6 is 0 Å². The van der Waals surface area contributed by atoms with Crippen molar-refractivity contribution in [2.45, 2.75) is 58.0 Å². The van der Waals surface area contributed by atoms with Crippen LogP contribution < -0.4 is 10.6 Å². The fraction of sp³-hybridized carbons (Fsp3) is 0.517. The second-order valence-corrected chi connectivity index (χ2v) is 10.1. The summed E-state index contributed by atoms with van der Waals surface area (Å²) in [6, 6.07) is 15.0. The molecule has 212 valence electrons. The summed E-state index contributed by atoms with van der Waals surface area (Å²) in [6.45, 7) is 6.37. The lowest BCUT2D eigenvalue weighted by atomic mass is 9.90. The van der Waals surface area contributed by atoms with Crippen molar-refractivity contribution < 1.29 is 34.0 Å². The minimum absolute atomic E-state index is 0.0126. The van der Waals surface area contributed by atoms with Crippen LogP contribution in [0.25, 0.3) is 0 Å². The molecule has 10 nitrogen and oxygen atoms in total. The summed E-state index contributed by atoms with van der Waals surface area (Å²) >= 11 is 0. The lowest BCUT2D eigenvalue weighted by Gasteiger charge is -2.42.